The summed E-state index contributed by atoms with van der Waals surface area (Å²) in [6.07, 6.45) is -0.782. The number of hydrogen-bond donors (Lipinski definition) is 2. The molecule has 0 heterocycles. The summed E-state index contributed by atoms with van der Waals surface area (Å²) in [6, 6.07) is 16.5. The first-order chi connectivity index (χ1) is 9.16. The van der Waals surface area contributed by atoms with Gasteiger partial charge in [0.2, 0.25) is 0 Å². The molecule has 98 valence electrons. The highest BCUT2D eigenvalue weighted by molar-refractivity contribution is 5.87. The molecule has 0 aliphatic rings. The molecule has 2 aromatic carbocycles. The number of nitrogens with zero attached hydrogens (tertiary/aromatic N) is 1. The lowest BCUT2D eigenvalue weighted by atomic mass is 10.1. The van der Waals surface area contributed by atoms with Gasteiger partial charge < -0.3 is 10.2 Å². The van der Waals surface area contributed by atoms with Gasteiger partial charge in [-0.2, -0.15) is 0 Å². The summed E-state index contributed by atoms with van der Waals surface area (Å²) < 4.78 is 0. The zero-order valence-electron chi connectivity index (χ0n) is 10.8. The number of phenolic OH excluding ortho intramolecular Hbond substituents is 1. The molecule has 0 spiro atoms. The number of aliphatic imine (C=N–C) groups is 1. The first-order valence-corrected chi connectivity index (χ1v) is 6.18. The van der Waals surface area contributed by atoms with Crippen LogP contribution in [-0.2, 0) is 6.54 Å². The Labute approximate surface area is 112 Å². The van der Waals surface area contributed by atoms with E-state index in [0.717, 1.165) is 5.56 Å². The van der Waals surface area contributed by atoms with Crippen LogP contribution in [0.2, 0.25) is 0 Å². The minimum absolute atomic E-state index is 0.146. The van der Waals surface area contributed by atoms with E-state index in [2.05, 4.69) is 4.99 Å². The van der Waals surface area contributed by atoms with Crippen LogP contribution in [0.1, 0.15) is 24.2 Å². The van der Waals surface area contributed by atoms with E-state index >= 15 is 0 Å². The van der Waals surface area contributed by atoms with Crippen LogP contribution in [0.3, 0.4) is 0 Å². The second-order valence-corrected chi connectivity index (χ2v) is 4.44. The summed E-state index contributed by atoms with van der Waals surface area (Å²) in [5, 5.41) is 19.6. The maximum Gasteiger partial charge on any atom is 0.116 e. The van der Waals surface area contributed by atoms with Crippen molar-refractivity contribution >= 4 is 5.71 Å². The second-order valence-electron chi connectivity index (χ2n) is 4.44. The van der Waals surface area contributed by atoms with Gasteiger partial charge in [0, 0.05) is 5.71 Å². The molecule has 0 amide bonds. The topological polar surface area (TPSA) is 52.8 Å². The number of rotatable bonds is 4. The van der Waals surface area contributed by atoms with Gasteiger partial charge in [-0.15, -0.1) is 0 Å². The summed E-state index contributed by atoms with van der Waals surface area (Å²) in [6.45, 7) is 2.33. The Morgan fingerprint density at radius 1 is 1.11 bits per heavy atom. The number of phenols is 1. The number of benzene rings is 2. The van der Waals surface area contributed by atoms with E-state index in [-0.39, 0.29) is 5.75 Å². The van der Waals surface area contributed by atoms with Crippen molar-refractivity contribution in [2.75, 3.05) is 0 Å². The van der Waals surface area contributed by atoms with Crippen molar-refractivity contribution in [3.63, 3.8) is 0 Å². The third-order valence-corrected chi connectivity index (χ3v) is 2.94. The van der Waals surface area contributed by atoms with Crippen LogP contribution in [0.4, 0.5) is 0 Å². The Balaban J connectivity index is 2.08. The van der Waals surface area contributed by atoms with E-state index in [0.29, 0.717) is 17.8 Å². The van der Waals surface area contributed by atoms with Gasteiger partial charge in [-0.3, -0.25) is 4.99 Å². The zero-order chi connectivity index (χ0) is 13.7. The number of aliphatic hydroxyl groups excluding tert-OH is 1. The minimum atomic E-state index is -0.782. The molecule has 0 aromatic heterocycles. The first-order valence-electron chi connectivity index (χ1n) is 6.18. The lowest BCUT2D eigenvalue weighted by Crippen LogP contribution is -2.08. The maximum atomic E-state index is 10.1. The smallest absolute Gasteiger partial charge is 0.116 e. The summed E-state index contributed by atoms with van der Waals surface area (Å²) in [4.78, 5) is 4.39. The molecule has 0 unspecified atom stereocenters. The molecule has 0 fully saturated rings. The van der Waals surface area contributed by atoms with Crippen molar-refractivity contribution in [1.82, 2.24) is 0 Å². The zero-order valence-corrected chi connectivity index (χ0v) is 10.8. The number of aliphatic hydroxyl groups is 1. The molecule has 0 bridgehead atoms. The molecular formula is C16H17NO2. The first kappa shape index (κ1) is 13.3. The van der Waals surface area contributed by atoms with Gasteiger partial charge in [-0.05, 0) is 30.2 Å². The second kappa shape index (κ2) is 6.16. The molecule has 0 saturated carbocycles. The maximum absolute atomic E-state index is 10.1. The van der Waals surface area contributed by atoms with Crippen LogP contribution in [-0.4, -0.2) is 15.9 Å². The Morgan fingerprint density at radius 3 is 2.53 bits per heavy atom. The molecule has 0 aliphatic heterocycles. The predicted molar refractivity (Wildman–Crippen MR) is 76.3 cm³/mol. The van der Waals surface area contributed by atoms with Crippen molar-refractivity contribution in [3.8, 4) is 5.75 Å². The number of aromatic hydroxyl groups is 1. The standard InChI is InChI=1S/C16H17NO2/c1-12(17-11-13-6-3-2-4-7-13)16(19)14-8-5-9-15(18)10-14/h2-10,16,18-19H,11H2,1H3/t16-/m1/s1. The summed E-state index contributed by atoms with van der Waals surface area (Å²) in [5.74, 6) is 0.146. The molecule has 1 atom stereocenters. The van der Waals surface area contributed by atoms with Crippen molar-refractivity contribution in [3.05, 3.63) is 65.7 Å². The summed E-state index contributed by atoms with van der Waals surface area (Å²) in [7, 11) is 0. The lowest BCUT2D eigenvalue weighted by Gasteiger charge is -2.11. The molecule has 2 rings (SSSR count). The molecule has 19 heavy (non-hydrogen) atoms. The molecule has 0 radical (unpaired) electrons. The normalized spacial score (nSPS) is 13.3. The molecule has 3 nitrogen and oxygen atoms in total. The predicted octanol–water partition coefficient (Wildman–Crippen LogP) is 3.09. The molecule has 2 N–H and O–H groups in total. The van der Waals surface area contributed by atoms with Gasteiger partial charge in [0.25, 0.3) is 0 Å². The van der Waals surface area contributed by atoms with Gasteiger partial charge in [-0.1, -0.05) is 42.5 Å². The lowest BCUT2D eigenvalue weighted by molar-refractivity contribution is 0.246. The Hall–Kier alpha value is -2.13. The van der Waals surface area contributed by atoms with Crippen LogP contribution in [0, 0.1) is 0 Å². The average molecular weight is 255 g/mol. The largest absolute Gasteiger partial charge is 0.508 e. The van der Waals surface area contributed by atoms with Gasteiger partial charge >= 0.3 is 0 Å². The fraction of sp³-hybridized carbons (Fsp3) is 0.188. The molecule has 2 aromatic rings. The van der Waals surface area contributed by atoms with Gasteiger partial charge in [-0.25, -0.2) is 0 Å². The Bertz CT molecular complexity index is 564. The van der Waals surface area contributed by atoms with E-state index in [1.54, 1.807) is 31.2 Å². The van der Waals surface area contributed by atoms with Gasteiger partial charge in [0.05, 0.1) is 6.54 Å². The minimum Gasteiger partial charge on any atom is -0.508 e. The highest BCUT2D eigenvalue weighted by Gasteiger charge is 2.11. The molecule has 0 aliphatic carbocycles. The van der Waals surface area contributed by atoms with Crippen LogP contribution >= 0.6 is 0 Å². The highest BCUT2D eigenvalue weighted by atomic mass is 16.3. The van der Waals surface area contributed by atoms with Crippen molar-refractivity contribution in [1.29, 1.82) is 0 Å². The Morgan fingerprint density at radius 2 is 1.84 bits per heavy atom. The van der Waals surface area contributed by atoms with Crippen LogP contribution in [0.5, 0.6) is 5.75 Å². The molecule has 0 saturated heterocycles. The van der Waals surface area contributed by atoms with Gasteiger partial charge in [0.15, 0.2) is 0 Å². The van der Waals surface area contributed by atoms with E-state index in [1.165, 1.54) is 0 Å². The van der Waals surface area contributed by atoms with E-state index in [9.17, 15) is 10.2 Å². The van der Waals surface area contributed by atoms with E-state index in [1.807, 2.05) is 30.3 Å². The van der Waals surface area contributed by atoms with E-state index < -0.39 is 6.10 Å². The van der Waals surface area contributed by atoms with Crippen molar-refractivity contribution in [2.45, 2.75) is 19.6 Å². The van der Waals surface area contributed by atoms with Gasteiger partial charge in [0.1, 0.15) is 11.9 Å². The van der Waals surface area contributed by atoms with E-state index in [4.69, 9.17) is 0 Å². The number of hydrogen-bond acceptors (Lipinski definition) is 3. The third kappa shape index (κ3) is 3.66. The van der Waals surface area contributed by atoms with Crippen molar-refractivity contribution in [2.24, 2.45) is 4.99 Å². The fourth-order valence-corrected chi connectivity index (χ4v) is 1.82. The van der Waals surface area contributed by atoms with Crippen LogP contribution < -0.4 is 0 Å². The highest BCUT2D eigenvalue weighted by Crippen LogP contribution is 2.19. The van der Waals surface area contributed by atoms with Crippen molar-refractivity contribution < 1.29 is 10.2 Å². The summed E-state index contributed by atoms with van der Waals surface area (Å²) >= 11 is 0. The monoisotopic (exact) mass is 255 g/mol. The average Bonchev–Trinajstić information content (AvgIpc) is 2.45. The SMILES string of the molecule is CC(=NCc1ccccc1)[C@@H](O)c1cccc(O)c1. The van der Waals surface area contributed by atoms with Crippen LogP contribution in [0.25, 0.3) is 0 Å². The molecule has 3 heteroatoms. The fourth-order valence-electron chi connectivity index (χ4n) is 1.82. The quantitative estimate of drug-likeness (QED) is 0.825. The van der Waals surface area contributed by atoms with Crippen LogP contribution in [0.15, 0.2) is 59.6 Å². The molecular weight excluding hydrogens is 238 g/mol. The summed E-state index contributed by atoms with van der Waals surface area (Å²) in [5.41, 5.74) is 2.38. The Kier molecular flexibility index (Phi) is 4.31. The third-order valence-electron chi connectivity index (χ3n) is 2.94.